The number of benzene rings is 1. The van der Waals surface area contributed by atoms with Gasteiger partial charge in [0.05, 0.1) is 37.2 Å². The summed E-state index contributed by atoms with van der Waals surface area (Å²) in [4.78, 5) is 8.39. The van der Waals surface area contributed by atoms with Crippen LogP contribution in [0, 0.1) is 6.92 Å². The second-order valence-electron chi connectivity index (χ2n) is 4.14. The van der Waals surface area contributed by atoms with Crippen LogP contribution in [-0.2, 0) is 6.54 Å². The van der Waals surface area contributed by atoms with Crippen molar-refractivity contribution >= 4 is 17.3 Å². The summed E-state index contributed by atoms with van der Waals surface area (Å²) < 4.78 is 10.5. The Morgan fingerprint density at radius 2 is 1.95 bits per heavy atom. The number of nitrogens with one attached hydrogen (secondary N) is 1. The molecule has 0 aliphatic carbocycles. The molecule has 0 saturated heterocycles. The summed E-state index contributed by atoms with van der Waals surface area (Å²) in [6.07, 6.45) is 1.73. The fourth-order valence-corrected chi connectivity index (χ4v) is 2.03. The Labute approximate surface area is 122 Å². The topological polar surface area (TPSA) is 56.3 Å². The highest BCUT2D eigenvalue weighted by atomic mass is 35.5. The maximum atomic E-state index is 6.12. The van der Waals surface area contributed by atoms with Gasteiger partial charge in [0.1, 0.15) is 17.3 Å². The van der Waals surface area contributed by atoms with Crippen LogP contribution in [0.5, 0.6) is 11.5 Å². The zero-order valence-electron chi connectivity index (χ0n) is 11.6. The smallest absolute Gasteiger partial charge is 0.145 e. The van der Waals surface area contributed by atoms with Crippen molar-refractivity contribution < 1.29 is 9.47 Å². The third kappa shape index (κ3) is 3.30. The van der Waals surface area contributed by atoms with Crippen molar-refractivity contribution in [1.82, 2.24) is 9.97 Å². The molecule has 1 aromatic carbocycles. The van der Waals surface area contributed by atoms with Crippen molar-refractivity contribution in [1.29, 1.82) is 0 Å². The number of halogens is 1. The first-order valence-corrected chi connectivity index (χ1v) is 6.45. The first kappa shape index (κ1) is 14.4. The molecule has 0 radical (unpaired) electrons. The van der Waals surface area contributed by atoms with E-state index in [1.54, 1.807) is 32.5 Å². The molecule has 20 heavy (non-hydrogen) atoms. The second-order valence-corrected chi connectivity index (χ2v) is 4.54. The molecule has 0 aliphatic rings. The monoisotopic (exact) mass is 293 g/mol. The van der Waals surface area contributed by atoms with E-state index in [1.807, 2.05) is 13.0 Å². The summed E-state index contributed by atoms with van der Waals surface area (Å²) in [7, 11) is 3.17. The van der Waals surface area contributed by atoms with Gasteiger partial charge in [0.15, 0.2) is 0 Å². The summed E-state index contributed by atoms with van der Waals surface area (Å²) in [5, 5.41) is 3.77. The molecule has 2 aromatic rings. The molecule has 0 fully saturated rings. The summed E-state index contributed by atoms with van der Waals surface area (Å²) in [6, 6.07) is 5.38. The van der Waals surface area contributed by atoms with Gasteiger partial charge in [-0.2, -0.15) is 0 Å². The van der Waals surface area contributed by atoms with Gasteiger partial charge in [-0.25, -0.2) is 9.97 Å². The van der Waals surface area contributed by atoms with Crippen molar-refractivity contribution in [3.8, 4) is 11.5 Å². The van der Waals surface area contributed by atoms with E-state index in [4.69, 9.17) is 21.1 Å². The van der Waals surface area contributed by atoms with Crippen LogP contribution in [0.3, 0.4) is 0 Å². The van der Waals surface area contributed by atoms with Crippen LogP contribution in [0.1, 0.15) is 11.5 Å². The molecule has 1 N–H and O–H groups in total. The molecule has 106 valence electrons. The maximum Gasteiger partial charge on any atom is 0.145 e. The van der Waals surface area contributed by atoms with Gasteiger partial charge < -0.3 is 14.8 Å². The van der Waals surface area contributed by atoms with E-state index in [0.29, 0.717) is 23.1 Å². The first-order chi connectivity index (χ1) is 9.63. The largest absolute Gasteiger partial charge is 0.495 e. The van der Waals surface area contributed by atoms with Crippen molar-refractivity contribution in [3.05, 3.63) is 40.9 Å². The highest BCUT2D eigenvalue weighted by molar-refractivity contribution is 6.32. The molecule has 1 heterocycles. The minimum atomic E-state index is 0.523. The summed E-state index contributed by atoms with van der Waals surface area (Å²) in [5.41, 5.74) is 1.68. The molecule has 0 spiro atoms. The molecule has 0 amide bonds. The molecule has 5 nitrogen and oxygen atoms in total. The van der Waals surface area contributed by atoms with E-state index in [0.717, 1.165) is 17.2 Å². The van der Waals surface area contributed by atoms with Gasteiger partial charge in [0.2, 0.25) is 0 Å². The molecule has 2 rings (SSSR count). The van der Waals surface area contributed by atoms with Crippen LogP contribution < -0.4 is 14.8 Å². The van der Waals surface area contributed by atoms with Gasteiger partial charge in [0, 0.05) is 12.3 Å². The van der Waals surface area contributed by atoms with E-state index in [9.17, 15) is 0 Å². The quantitative estimate of drug-likeness (QED) is 0.918. The van der Waals surface area contributed by atoms with Crippen LogP contribution in [0.2, 0.25) is 5.02 Å². The zero-order chi connectivity index (χ0) is 14.5. The van der Waals surface area contributed by atoms with Crippen molar-refractivity contribution in [3.63, 3.8) is 0 Å². The van der Waals surface area contributed by atoms with Gasteiger partial charge in [-0.3, -0.25) is 0 Å². The maximum absolute atomic E-state index is 6.12. The normalized spacial score (nSPS) is 10.2. The van der Waals surface area contributed by atoms with E-state index >= 15 is 0 Å². The van der Waals surface area contributed by atoms with Gasteiger partial charge in [0.25, 0.3) is 0 Å². The summed E-state index contributed by atoms with van der Waals surface area (Å²) >= 11 is 6.12. The highest BCUT2D eigenvalue weighted by Gasteiger charge is 2.09. The van der Waals surface area contributed by atoms with Crippen molar-refractivity contribution in [2.75, 3.05) is 19.5 Å². The number of hydrogen-bond donors (Lipinski definition) is 1. The van der Waals surface area contributed by atoms with Gasteiger partial charge in [-0.05, 0) is 19.1 Å². The number of hydrogen-bond acceptors (Lipinski definition) is 5. The van der Waals surface area contributed by atoms with E-state index in [1.165, 1.54) is 0 Å². The Bertz CT molecular complexity index is 605. The molecule has 0 atom stereocenters. The first-order valence-electron chi connectivity index (χ1n) is 6.08. The fraction of sp³-hybridized carbons (Fsp3) is 0.286. The minimum Gasteiger partial charge on any atom is -0.495 e. The van der Waals surface area contributed by atoms with Crippen LogP contribution >= 0.6 is 11.6 Å². The number of rotatable bonds is 5. The zero-order valence-corrected chi connectivity index (χ0v) is 12.4. The third-order valence-corrected chi connectivity index (χ3v) is 3.06. The number of anilines is 1. The number of aromatic nitrogens is 2. The van der Waals surface area contributed by atoms with Crippen LogP contribution in [-0.4, -0.2) is 24.2 Å². The minimum absolute atomic E-state index is 0.523. The summed E-state index contributed by atoms with van der Waals surface area (Å²) in [6.45, 7) is 2.41. The average molecular weight is 294 g/mol. The summed E-state index contributed by atoms with van der Waals surface area (Å²) in [5.74, 6) is 1.98. The van der Waals surface area contributed by atoms with E-state index < -0.39 is 0 Å². The van der Waals surface area contributed by atoms with Crippen LogP contribution in [0.15, 0.2) is 24.4 Å². The number of ether oxygens (including phenoxy) is 2. The molecular weight excluding hydrogens is 278 g/mol. The number of methoxy groups -OCH3 is 2. The lowest BCUT2D eigenvalue weighted by Gasteiger charge is -2.13. The predicted octanol–water partition coefficient (Wildman–Crippen LogP) is 3.07. The predicted molar refractivity (Wildman–Crippen MR) is 78.7 cm³/mol. The third-order valence-electron chi connectivity index (χ3n) is 2.77. The highest BCUT2D eigenvalue weighted by Crippen LogP contribution is 2.35. The van der Waals surface area contributed by atoms with Gasteiger partial charge in [-0.1, -0.05) is 11.6 Å². The standard InChI is InChI=1S/C14H16ClN3O2/c1-9-16-5-4-10(18-9)8-17-12-6-11(15)13(19-2)7-14(12)20-3/h4-7,17H,8H2,1-3H3. The molecule has 0 unspecified atom stereocenters. The fourth-order valence-electron chi connectivity index (χ4n) is 1.79. The lowest BCUT2D eigenvalue weighted by atomic mass is 10.2. The van der Waals surface area contributed by atoms with Gasteiger partial charge >= 0.3 is 0 Å². The van der Waals surface area contributed by atoms with Crippen LogP contribution in [0.4, 0.5) is 5.69 Å². The van der Waals surface area contributed by atoms with E-state index in [-0.39, 0.29) is 0 Å². The van der Waals surface area contributed by atoms with Gasteiger partial charge in [-0.15, -0.1) is 0 Å². The Balaban J connectivity index is 2.18. The molecule has 1 aromatic heterocycles. The van der Waals surface area contributed by atoms with E-state index in [2.05, 4.69) is 15.3 Å². The Morgan fingerprint density at radius 3 is 2.60 bits per heavy atom. The Morgan fingerprint density at radius 1 is 1.20 bits per heavy atom. The number of nitrogens with zero attached hydrogens (tertiary/aromatic N) is 2. The van der Waals surface area contributed by atoms with Crippen molar-refractivity contribution in [2.45, 2.75) is 13.5 Å². The molecule has 0 saturated carbocycles. The SMILES string of the molecule is COc1cc(OC)c(NCc2ccnc(C)n2)cc1Cl. The Kier molecular flexibility index (Phi) is 4.63. The molecule has 0 bridgehead atoms. The lowest BCUT2D eigenvalue weighted by molar-refractivity contribution is 0.395. The lowest BCUT2D eigenvalue weighted by Crippen LogP contribution is -2.04. The molecular formula is C14H16ClN3O2. The second kappa shape index (κ2) is 6.43. The van der Waals surface area contributed by atoms with Crippen LogP contribution in [0.25, 0.3) is 0 Å². The van der Waals surface area contributed by atoms with Crippen molar-refractivity contribution in [2.24, 2.45) is 0 Å². The number of aryl methyl sites for hydroxylation is 1. The Hall–Kier alpha value is -2.01. The molecule has 0 aliphatic heterocycles. The average Bonchev–Trinajstić information content (AvgIpc) is 2.45. The molecule has 6 heteroatoms.